The predicted molar refractivity (Wildman–Crippen MR) is 111 cm³/mol. The lowest BCUT2D eigenvalue weighted by Crippen LogP contribution is -2.36. The first-order chi connectivity index (χ1) is 13.7. The molecule has 7 nitrogen and oxygen atoms in total. The Labute approximate surface area is 166 Å². The van der Waals surface area contributed by atoms with Gasteiger partial charge in [-0.25, -0.2) is 9.97 Å². The van der Waals surface area contributed by atoms with Crippen molar-refractivity contribution in [1.82, 2.24) is 14.9 Å². The van der Waals surface area contributed by atoms with Crippen molar-refractivity contribution in [1.29, 1.82) is 0 Å². The van der Waals surface area contributed by atoms with Crippen LogP contribution in [-0.4, -0.2) is 60.2 Å². The molecule has 1 aromatic heterocycles. The van der Waals surface area contributed by atoms with E-state index < -0.39 is 0 Å². The Balaban J connectivity index is 1.72. The molecule has 3 rings (SSSR count). The van der Waals surface area contributed by atoms with Gasteiger partial charge in [0, 0.05) is 38.6 Å². The second kappa shape index (κ2) is 10.0. The van der Waals surface area contributed by atoms with E-state index in [1.54, 1.807) is 12.4 Å². The number of hydrogen-bond acceptors (Lipinski definition) is 6. The largest absolute Gasteiger partial charge is 0.378 e. The number of para-hydroxylation sites is 2. The summed E-state index contributed by atoms with van der Waals surface area (Å²) in [7, 11) is 0. The number of ether oxygens (including phenoxy) is 1. The number of amides is 1. The van der Waals surface area contributed by atoms with Crippen molar-refractivity contribution in [3.8, 4) is 0 Å². The summed E-state index contributed by atoms with van der Waals surface area (Å²) in [4.78, 5) is 25.6. The molecule has 150 valence electrons. The fourth-order valence-electron chi connectivity index (χ4n) is 3.32. The number of anilines is 3. The van der Waals surface area contributed by atoms with Gasteiger partial charge in [-0.1, -0.05) is 26.0 Å². The van der Waals surface area contributed by atoms with Gasteiger partial charge < -0.3 is 19.9 Å². The second-order valence-corrected chi connectivity index (χ2v) is 6.83. The minimum absolute atomic E-state index is 0.0102. The molecule has 2 heterocycles. The van der Waals surface area contributed by atoms with Crippen molar-refractivity contribution in [2.24, 2.45) is 0 Å². The minimum atomic E-state index is -0.0102. The smallest absolute Gasteiger partial charge is 0.256 e. The Kier molecular flexibility index (Phi) is 7.19. The quantitative estimate of drug-likeness (QED) is 0.754. The highest BCUT2D eigenvalue weighted by molar-refractivity contribution is 5.93. The third-order valence-electron chi connectivity index (χ3n) is 4.68. The van der Waals surface area contributed by atoms with Gasteiger partial charge in [-0.15, -0.1) is 0 Å². The van der Waals surface area contributed by atoms with Crippen LogP contribution >= 0.6 is 0 Å². The molecule has 0 spiro atoms. The monoisotopic (exact) mass is 383 g/mol. The van der Waals surface area contributed by atoms with E-state index in [-0.39, 0.29) is 5.91 Å². The van der Waals surface area contributed by atoms with Crippen LogP contribution in [0.3, 0.4) is 0 Å². The maximum absolute atomic E-state index is 12.7. The summed E-state index contributed by atoms with van der Waals surface area (Å²) in [5.74, 6) is 0.471. The summed E-state index contributed by atoms with van der Waals surface area (Å²) in [6.07, 6.45) is 5.08. The standard InChI is InChI=1S/C21H29N5O2/c1-3-9-26(10-4-2)20(27)17-15-22-21(23-16-17)24-18-7-5-6-8-19(18)25-11-13-28-14-12-25/h5-8,15-16H,3-4,9-14H2,1-2H3,(H,22,23,24). The average Bonchev–Trinajstić information content (AvgIpc) is 2.75. The Hall–Kier alpha value is -2.67. The molecule has 1 aliphatic rings. The molecular weight excluding hydrogens is 354 g/mol. The third kappa shape index (κ3) is 4.98. The molecule has 1 fully saturated rings. The van der Waals surface area contributed by atoms with Gasteiger partial charge in [0.1, 0.15) is 0 Å². The van der Waals surface area contributed by atoms with Crippen LogP contribution in [0.1, 0.15) is 37.0 Å². The topological polar surface area (TPSA) is 70.6 Å². The van der Waals surface area contributed by atoms with Gasteiger partial charge in [0.15, 0.2) is 0 Å². The summed E-state index contributed by atoms with van der Waals surface area (Å²) < 4.78 is 5.45. The van der Waals surface area contributed by atoms with Crippen LogP contribution in [0.4, 0.5) is 17.3 Å². The average molecular weight is 383 g/mol. The molecular formula is C21H29N5O2. The van der Waals surface area contributed by atoms with Gasteiger partial charge in [0.05, 0.1) is 30.2 Å². The van der Waals surface area contributed by atoms with Gasteiger partial charge in [-0.05, 0) is 25.0 Å². The molecule has 0 unspecified atom stereocenters. The van der Waals surface area contributed by atoms with E-state index in [4.69, 9.17) is 4.74 Å². The molecule has 1 N–H and O–H groups in total. The maximum Gasteiger partial charge on any atom is 0.256 e. The highest BCUT2D eigenvalue weighted by Crippen LogP contribution is 2.28. The van der Waals surface area contributed by atoms with E-state index in [1.807, 2.05) is 23.1 Å². The summed E-state index contributed by atoms with van der Waals surface area (Å²) in [6, 6.07) is 8.10. The molecule has 2 aromatic rings. The maximum atomic E-state index is 12.7. The van der Waals surface area contributed by atoms with Crippen molar-refractivity contribution >= 4 is 23.2 Å². The van der Waals surface area contributed by atoms with E-state index in [1.165, 1.54) is 0 Å². The molecule has 0 aliphatic carbocycles. The summed E-state index contributed by atoms with van der Waals surface area (Å²) in [5.41, 5.74) is 2.57. The van der Waals surface area contributed by atoms with Crippen LogP contribution in [0.25, 0.3) is 0 Å². The van der Waals surface area contributed by atoms with Gasteiger partial charge >= 0.3 is 0 Å². The van der Waals surface area contributed by atoms with Crippen molar-refractivity contribution in [2.45, 2.75) is 26.7 Å². The van der Waals surface area contributed by atoms with E-state index in [0.717, 1.165) is 63.6 Å². The zero-order valence-corrected chi connectivity index (χ0v) is 16.7. The lowest BCUT2D eigenvalue weighted by molar-refractivity contribution is 0.0754. The highest BCUT2D eigenvalue weighted by atomic mass is 16.5. The molecule has 0 saturated carbocycles. The number of carbonyl (C=O) groups excluding carboxylic acids is 1. The molecule has 1 aliphatic heterocycles. The molecule has 0 atom stereocenters. The first-order valence-corrected chi connectivity index (χ1v) is 10.0. The fourth-order valence-corrected chi connectivity index (χ4v) is 3.32. The lowest BCUT2D eigenvalue weighted by Gasteiger charge is -2.30. The predicted octanol–water partition coefficient (Wildman–Crippen LogP) is 3.32. The van der Waals surface area contributed by atoms with Crippen LogP contribution in [0.15, 0.2) is 36.7 Å². The molecule has 0 bridgehead atoms. The molecule has 7 heteroatoms. The number of nitrogens with zero attached hydrogens (tertiary/aromatic N) is 4. The van der Waals surface area contributed by atoms with Gasteiger partial charge in [0.2, 0.25) is 5.95 Å². The summed E-state index contributed by atoms with van der Waals surface area (Å²) in [5, 5.41) is 3.29. The van der Waals surface area contributed by atoms with Gasteiger partial charge in [0.25, 0.3) is 5.91 Å². The first-order valence-electron chi connectivity index (χ1n) is 10.0. The van der Waals surface area contributed by atoms with E-state index in [9.17, 15) is 4.79 Å². The van der Waals surface area contributed by atoms with Crippen LogP contribution in [0.5, 0.6) is 0 Å². The van der Waals surface area contributed by atoms with Crippen LogP contribution in [0.2, 0.25) is 0 Å². The van der Waals surface area contributed by atoms with Crippen LogP contribution in [0, 0.1) is 0 Å². The molecule has 1 amide bonds. The zero-order valence-electron chi connectivity index (χ0n) is 16.7. The second-order valence-electron chi connectivity index (χ2n) is 6.83. The summed E-state index contributed by atoms with van der Waals surface area (Å²) in [6.45, 7) is 8.83. The van der Waals surface area contributed by atoms with E-state index in [2.05, 4.69) is 40.1 Å². The van der Waals surface area contributed by atoms with Crippen molar-refractivity contribution in [3.05, 3.63) is 42.2 Å². The highest BCUT2D eigenvalue weighted by Gasteiger charge is 2.17. The fraction of sp³-hybridized carbons (Fsp3) is 0.476. The van der Waals surface area contributed by atoms with Crippen molar-refractivity contribution in [2.75, 3.05) is 49.6 Å². The Bertz CT molecular complexity index is 754. The molecule has 1 aromatic carbocycles. The van der Waals surface area contributed by atoms with Gasteiger partial charge in [-0.3, -0.25) is 4.79 Å². The third-order valence-corrected chi connectivity index (χ3v) is 4.68. The Morgan fingerprint density at radius 1 is 1.11 bits per heavy atom. The SMILES string of the molecule is CCCN(CCC)C(=O)c1cnc(Nc2ccccc2N2CCOCC2)nc1. The van der Waals surface area contributed by atoms with E-state index >= 15 is 0 Å². The van der Waals surface area contributed by atoms with Crippen LogP contribution < -0.4 is 10.2 Å². The molecule has 28 heavy (non-hydrogen) atoms. The number of carbonyl (C=O) groups is 1. The molecule has 1 saturated heterocycles. The lowest BCUT2D eigenvalue weighted by atomic mass is 10.2. The van der Waals surface area contributed by atoms with Crippen LogP contribution in [-0.2, 0) is 4.74 Å². The first kappa shape index (κ1) is 20.1. The number of hydrogen-bond donors (Lipinski definition) is 1. The van der Waals surface area contributed by atoms with Gasteiger partial charge in [-0.2, -0.15) is 0 Å². The van der Waals surface area contributed by atoms with E-state index in [0.29, 0.717) is 11.5 Å². The van der Waals surface area contributed by atoms with Crippen molar-refractivity contribution in [3.63, 3.8) is 0 Å². The normalized spacial score (nSPS) is 14.0. The zero-order chi connectivity index (χ0) is 19.8. The number of aromatic nitrogens is 2. The molecule has 0 radical (unpaired) electrons. The minimum Gasteiger partial charge on any atom is -0.378 e. The number of morpholine rings is 1. The summed E-state index contributed by atoms with van der Waals surface area (Å²) >= 11 is 0. The Morgan fingerprint density at radius 3 is 2.39 bits per heavy atom. The number of benzene rings is 1. The van der Waals surface area contributed by atoms with Crippen molar-refractivity contribution < 1.29 is 9.53 Å². The number of rotatable bonds is 8. The Morgan fingerprint density at radius 2 is 1.75 bits per heavy atom. The number of nitrogens with one attached hydrogen (secondary N) is 1.